The Bertz CT molecular complexity index is 606. The van der Waals surface area contributed by atoms with Crippen LogP contribution in [0.15, 0.2) is 46.9 Å². The second-order valence-corrected chi connectivity index (χ2v) is 5.78. The molecule has 2 aromatic rings. The molecule has 0 aromatic heterocycles. The first-order chi connectivity index (χ1) is 9.49. The topological polar surface area (TPSA) is 35.2 Å². The van der Waals surface area contributed by atoms with E-state index >= 15 is 0 Å². The van der Waals surface area contributed by atoms with Crippen LogP contribution >= 0.6 is 27.5 Å². The van der Waals surface area contributed by atoms with Crippen LogP contribution in [0.1, 0.15) is 18.6 Å². The number of halogens is 3. The maximum Gasteiger partial charge on any atom is 0.141 e. The van der Waals surface area contributed by atoms with Gasteiger partial charge in [0.1, 0.15) is 17.7 Å². The molecule has 2 aromatic carbocycles. The lowest BCUT2D eigenvalue weighted by molar-refractivity contribution is 0.174. The number of nitrogens with two attached hydrogens (primary N) is 1. The van der Waals surface area contributed by atoms with E-state index in [2.05, 4.69) is 15.9 Å². The Labute approximate surface area is 130 Å². The van der Waals surface area contributed by atoms with E-state index in [0.29, 0.717) is 20.8 Å². The Morgan fingerprint density at radius 1 is 1.25 bits per heavy atom. The molecule has 0 amide bonds. The average molecular weight is 359 g/mol. The molecule has 0 aliphatic heterocycles. The van der Waals surface area contributed by atoms with Gasteiger partial charge in [0.2, 0.25) is 0 Å². The van der Waals surface area contributed by atoms with Crippen LogP contribution in [-0.2, 0) is 0 Å². The molecule has 0 bridgehead atoms. The van der Waals surface area contributed by atoms with Crippen LogP contribution < -0.4 is 10.5 Å². The third-order valence-corrected chi connectivity index (χ3v) is 3.69. The van der Waals surface area contributed by atoms with Crippen molar-refractivity contribution in [1.29, 1.82) is 0 Å². The van der Waals surface area contributed by atoms with Crippen molar-refractivity contribution in [2.75, 3.05) is 0 Å². The first-order valence-corrected chi connectivity index (χ1v) is 7.28. The summed E-state index contributed by atoms with van der Waals surface area (Å²) in [4.78, 5) is 0. The zero-order valence-corrected chi connectivity index (χ0v) is 13.2. The van der Waals surface area contributed by atoms with E-state index in [0.717, 1.165) is 0 Å². The SMILES string of the molecule is CC(N)C(Oc1ccc(Cl)cc1Br)c1ccccc1F. The van der Waals surface area contributed by atoms with E-state index in [1.165, 1.54) is 6.07 Å². The summed E-state index contributed by atoms with van der Waals surface area (Å²) in [5.74, 6) is 0.236. The molecule has 2 rings (SSSR count). The van der Waals surface area contributed by atoms with Crippen molar-refractivity contribution < 1.29 is 9.13 Å². The third kappa shape index (κ3) is 3.51. The zero-order chi connectivity index (χ0) is 14.7. The van der Waals surface area contributed by atoms with Gasteiger partial charge in [-0.25, -0.2) is 4.39 Å². The summed E-state index contributed by atoms with van der Waals surface area (Å²) in [6, 6.07) is 11.2. The molecule has 0 radical (unpaired) electrons. The summed E-state index contributed by atoms with van der Waals surface area (Å²) >= 11 is 9.26. The van der Waals surface area contributed by atoms with Gasteiger partial charge in [-0.1, -0.05) is 29.8 Å². The Balaban J connectivity index is 2.33. The van der Waals surface area contributed by atoms with Gasteiger partial charge in [0.05, 0.1) is 4.47 Å². The van der Waals surface area contributed by atoms with Crippen molar-refractivity contribution >= 4 is 27.5 Å². The van der Waals surface area contributed by atoms with Crippen molar-refractivity contribution in [2.45, 2.75) is 19.1 Å². The van der Waals surface area contributed by atoms with Crippen LogP contribution in [0.4, 0.5) is 4.39 Å². The largest absolute Gasteiger partial charge is 0.483 e. The molecule has 0 fully saturated rings. The molecular formula is C15H14BrClFNO. The maximum absolute atomic E-state index is 13.9. The molecule has 0 saturated carbocycles. The molecule has 0 aliphatic carbocycles. The zero-order valence-electron chi connectivity index (χ0n) is 10.8. The van der Waals surface area contributed by atoms with Crippen molar-refractivity contribution in [3.8, 4) is 5.75 Å². The molecule has 2 N–H and O–H groups in total. The number of ether oxygens (including phenoxy) is 1. The second-order valence-electron chi connectivity index (χ2n) is 4.49. The Kier molecular flexibility index (Phi) is 5.02. The van der Waals surface area contributed by atoms with E-state index < -0.39 is 6.10 Å². The van der Waals surface area contributed by atoms with Crippen LogP contribution in [0.2, 0.25) is 5.02 Å². The summed E-state index contributed by atoms with van der Waals surface area (Å²) < 4.78 is 20.5. The lowest BCUT2D eigenvalue weighted by Crippen LogP contribution is -2.29. The van der Waals surface area contributed by atoms with Crippen LogP contribution in [0, 0.1) is 5.82 Å². The fourth-order valence-corrected chi connectivity index (χ4v) is 2.64. The standard InChI is InChI=1S/C15H14BrClFNO/c1-9(19)15(11-4-2-3-5-13(11)18)20-14-7-6-10(17)8-12(14)16/h2-9,15H,19H2,1H3. The van der Waals surface area contributed by atoms with E-state index in [4.69, 9.17) is 22.1 Å². The minimum Gasteiger partial charge on any atom is -0.483 e. The van der Waals surface area contributed by atoms with Crippen molar-refractivity contribution in [1.82, 2.24) is 0 Å². The van der Waals surface area contributed by atoms with E-state index in [-0.39, 0.29) is 11.9 Å². The Hall–Kier alpha value is -1.10. The number of hydrogen-bond donors (Lipinski definition) is 1. The van der Waals surface area contributed by atoms with Gasteiger partial charge in [0.25, 0.3) is 0 Å². The Morgan fingerprint density at radius 2 is 1.95 bits per heavy atom. The molecule has 0 heterocycles. The lowest BCUT2D eigenvalue weighted by atomic mass is 10.0. The summed E-state index contributed by atoms with van der Waals surface area (Å²) in [5, 5.41) is 0.590. The first kappa shape index (κ1) is 15.3. The quantitative estimate of drug-likeness (QED) is 0.859. The molecular weight excluding hydrogens is 345 g/mol. The van der Waals surface area contributed by atoms with Crippen LogP contribution in [-0.4, -0.2) is 6.04 Å². The minimum absolute atomic E-state index is 0.333. The van der Waals surface area contributed by atoms with Gasteiger partial charge in [-0.05, 0) is 47.1 Å². The average Bonchev–Trinajstić information content (AvgIpc) is 2.39. The van der Waals surface area contributed by atoms with Gasteiger partial charge in [-0.3, -0.25) is 0 Å². The molecule has 0 spiro atoms. The molecule has 20 heavy (non-hydrogen) atoms. The van der Waals surface area contributed by atoms with Gasteiger partial charge in [-0.2, -0.15) is 0 Å². The molecule has 2 unspecified atom stereocenters. The van der Waals surface area contributed by atoms with Gasteiger partial charge in [0.15, 0.2) is 0 Å². The molecule has 2 atom stereocenters. The van der Waals surface area contributed by atoms with Gasteiger partial charge in [0, 0.05) is 16.6 Å². The number of benzene rings is 2. The first-order valence-electron chi connectivity index (χ1n) is 6.10. The number of hydrogen-bond acceptors (Lipinski definition) is 2. The maximum atomic E-state index is 13.9. The fourth-order valence-electron chi connectivity index (χ4n) is 1.87. The van der Waals surface area contributed by atoms with E-state index in [9.17, 15) is 4.39 Å². The van der Waals surface area contributed by atoms with Crippen molar-refractivity contribution in [2.24, 2.45) is 5.73 Å². The van der Waals surface area contributed by atoms with Gasteiger partial charge >= 0.3 is 0 Å². The van der Waals surface area contributed by atoms with Crippen LogP contribution in [0.25, 0.3) is 0 Å². The predicted molar refractivity (Wildman–Crippen MR) is 82.6 cm³/mol. The summed E-state index contributed by atoms with van der Waals surface area (Å²) in [7, 11) is 0. The molecule has 106 valence electrons. The molecule has 2 nitrogen and oxygen atoms in total. The normalized spacial score (nSPS) is 13.8. The van der Waals surface area contributed by atoms with Crippen molar-refractivity contribution in [3.63, 3.8) is 0 Å². The highest BCUT2D eigenvalue weighted by Crippen LogP contribution is 2.33. The summed E-state index contributed by atoms with van der Waals surface area (Å²) in [5.41, 5.74) is 6.37. The predicted octanol–water partition coefficient (Wildman–Crippen LogP) is 4.71. The molecule has 0 saturated heterocycles. The highest BCUT2D eigenvalue weighted by atomic mass is 79.9. The van der Waals surface area contributed by atoms with Crippen molar-refractivity contribution in [3.05, 3.63) is 63.3 Å². The Morgan fingerprint density at radius 3 is 2.55 bits per heavy atom. The van der Waals surface area contributed by atoms with Crippen LogP contribution in [0.3, 0.4) is 0 Å². The van der Waals surface area contributed by atoms with E-state index in [1.54, 1.807) is 43.3 Å². The fraction of sp³-hybridized carbons (Fsp3) is 0.200. The van der Waals surface area contributed by atoms with Crippen LogP contribution in [0.5, 0.6) is 5.75 Å². The van der Waals surface area contributed by atoms with E-state index in [1.807, 2.05) is 0 Å². The third-order valence-electron chi connectivity index (χ3n) is 2.84. The second kappa shape index (κ2) is 6.57. The van der Waals surface area contributed by atoms with Gasteiger partial charge < -0.3 is 10.5 Å². The summed E-state index contributed by atoms with van der Waals surface area (Å²) in [6.45, 7) is 1.78. The molecule has 5 heteroatoms. The lowest BCUT2D eigenvalue weighted by Gasteiger charge is -2.24. The smallest absolute Gasteiger partial charge is 0.141 e. The van der Waals surface area contributed by atoms with Gasteiger partial charge in [-0.15, -0.1) is 0 Å². The number of rotatable bonds is 4. The minimum atomic E-state index is -0.575. The monoisotopic (exact) mass is 357 g/mol. The molecule has 0 aliphatic rings. The summed E-state index contributed by atoms with van der Waals surface area (Å²) in [6.07, 6.45) is -0.575. The highest BCUT2D eigenvalue weighted by Gasteiger charge is 2.22. The highest BCUT2D eigenvalue weighted by molar-refractivity contribution is 9.10.